The maximum atomic E-state index is 10.2. The van der Waals surface area contributed by atoms with E-state index in [1.807, 2.05) is 24.4 Å². The Labute approximate surface area is 148 Å². The molecule has 122 valence electrons. The number of aliphatic hydroxyl groups is 2. The van der Waals surface area contributed by atoms with E-state index in [1.54, 1.807) is 24.3 Å². The normalized spacial score (nSPS) is 13.2. The fourth-order valence-corrected chi connectivity index (χ4v) is 3.29. The monoisotopic (exact) mass is 394 g/mol. The van der Waals surface area contributed by atoms with Gasteiger partial charge >= 0.3 is 0 Å². The summed E-state index contributed by atoms with van der Waals surface area (Å²) in [5, 5.41) is 32.0. The first-order valence-electron chi connectivity index (χ1n) is 7.26. The van der Waals surface area contributed by atoms with Gasteiger partial charge in [-0.05, 0) is 48.2 Å². The Hall–Kier alpha value is -1.36. The van der Waals surface area contributed by atoms with Gasteiger partial charge in [0.25, 0.3) is 0 Å². The fraction of sp³-hybridized carbons (Fsp3) is 0.278. The minimum absolute atomic E-state index is 0.0721. The van der Waals surface area contributed by atoms with E-state index in [2.05, 4.69) is 21.7 Å². The van der Waals surface area contributed by atoms with Crippen LogP contribution < -0.4 is 0 Å². The zero-order valence-electron chi connectivity index (χ0n) is 12.7. The number of hydrogen-bond donors (Lipinski definition) is 3. The highest BCUT2D eigenvalue weighted by Gasteiger charge is 2.11. The van der Waals surface area contributed by atoms with Crippen molar-refractivity contribution >= 4 is 27.3 Å². The lowest BCUT2D eigenvalue weighted by Gasteiger charge is -2.10. The van der Waals surface area contributed by atoms with Crippen LogP contribution in [0, 0.1) is 0 Å². The Kier molecular flexibility index (Phi) is 6.63. The highest BCUT2D eigenvalue weighted by molar-refractivity contribution is 9.10. The Balaban J connectivity index is 1.97. The summed E-state index contributed by atoms with van der Waals surface area (Å²) in [5.41, 5.74) is 4.49. The molecule has 1 heterocycles. The van der Waals surface area contributed by atoms with Crippen molar-refractivity contribution in [2.24, 2.45) is 0 Å². The smallest absolute Gasteiger partial charge is 0.121 e. The van der Waals surface area contributed by atoms with Gasteiger partial charge in [0.2, 0.25) is 0 Å². The average molecular weight is 395 g/mol. The third-order valence-electron chi connectivity index (χ3n) is 3.41. The van der Waals surface area contributed by atoms with Crippen LogP contribution in [0.15, 0.2) is 57.6 Å². The van der Waals surface area contributed by atoms with Gasteiger partial charge in [0, 0.05) is 27.8 Å². The summed E-state index contributed by atoms with van der Waals surface area (Å²) in [6, 6.07) is 8.79. The third-order valence-corrected chi connectivity index (χ3v) is 4.88. The molecule has 0 radical (unpaired) electrons. The van der Waals surface area contributed by atoms with E-state index in [9.17, 15) is 15.3 Å². The number of rotatable bonds is 6. The molecule has 2 rings (SSSR count). The number of benzene rings is 1. The van der Waals surface area contributed by atoms with Crippen molar-refractivity contribution in [3.63, 3.8) is 0 Å². The average Bonchev–Trinajstić information content (AvgIpc) is 3.04. The lowest BCUT2D eigenvalue weighted by molar-refractivity contribution is 0.177. The van der Waals surface area contributed by atoms with Crippen LogP contribution >= 0.6 is 27.3 Å². The second kappa shape index (κ2) is 8.48. The highest BCUT2D eigenvalue weighted by atomic mass is 79.9. The van der Waals surface area contributed by atoms with Gasteiger partial charge in [-0.15, -0.1) is 17.1 Å². The molecule has 0 amide bonds. The Bertz CT molecular complexity index is 703. The Morgan fingerprint density at radius 3 is 2.78 bits per heavy atom. The minimum atomic E-state index is -0.796. The molecular weight excluding hydrogens is 376 g/mol. The SMILES string of the molecule is CC(=C=CC[C@@H](O)c1cc(Br)ccc1O)C[C@@H](O)c1cccs1. The molecule has 1 aromatic heterocycles. The molecule has 1 aromatic carbocycles. The number of aliphatic hydroxyl groups excluding tert-OH is 2. The maximum absolute atomic E-state index is 10.2. The van der Waals surface area contributed by atoms with E-state index in [-0.39, 0.29) is 5.75 Å². The summed E-state index contributed by atoms with van der Waals surface area (Å²) < 4.78 is 0.805. The standard InChI is InChI=1S/C18H19BrO3S/c1-12(10-17(22)18-6-3-9-23-18)4-2-5-15(20)14-11-13(19)7-8-16(14)21/h2-3,6-9,11,15,17,20-22H,5,10H2,1H3/t4?,15-,17-/m1/s1. The van der Waals surface area contributed by atoms with Gasteiger partial charge in [-0.2, -0.15) is 0 Å². The molecule has 0 spiro atoms. The quantitative estimate of drug-likeness (QED) is 0.612. The van der Waals surface area contributed by atoms with Crippen molar-refractivity contribution in [1.29, 1.82) is 0 Å². The second-order valence-corrected chi connectivity index (χ2v) is 7.21. The van der Waals surface area contributed by atoms with E-state index in [0.717, 1.165) is 14.9 Å². The van der Waals surface area contributed by atoms with Crippen LogP contribution in [0.1, 0.15) is 42.4 Å². The van der Waals surface area contributed by atoms with Crippen LogP contribution in [0.5, 0.6) is 5.75 Å². The van der Waals surface area contributed by atoms with E-state index in [0.29, 0.717) is 18.4 Å². The Morgan fingerprint density at radius 2 is 2.09 bits per heavy atom. The molecule has 5 heteroatoms. The molecule has 0 saturated heterocycles. The first kappa shape index (κ1) is 18.0. The number of phenolic OH excluding ortho intramolecular Hbond substituents is 1. The summed E-state index contributed by atoms with van der Waals surface area (Å²) in [7, 11) is 0. The van der Waals surface area contributed by atoms with Crippen LogP contribution in [0.3, 0.4) is 0 Å². The predicted molar refractivity (Wildman–Crippen MR) is 96.5 cm³/mol. The molecule has 0 aliphatic rings. The molecular formula is C18H19BrO3S. The van der Waals surface area contributed by atoms with E-state index < -0.39 is 12.2 Å². The van der Waals surface area contributed by atoms with E-state index in [4.69, 9.17) is 0 Å². The molecule has 0 fully saturated rings. The largest absolute Gasteiger partial charge is 0.508 e. The molecule has 0 aliphatic heterocycles. The van der Waals surface area contributed by atoms with Gasteiger partial charge in [-0.1, -0.05) is 22.0 Å². The predicted octanol–water partition coefficient (Wildman–Crippen LogP) is 4.86. The molecule has 2 atom stereocenters. The molecule has 2 aromatic rings. The first-order chi connectivity index (χ1) is 11.0. The van der Waals surface area contributed by atoms with Crippen molar-refractivity contribution in [2.75, 3.05) is 0 Å². The maximum Gasteiger partial charge on any atom is 0.121 e. The highest BCUT2D eigenvalue weighted by Crippen LogP contribution is 2.29. The Morgan fingerprint density at radius 1 is 1.30 bits per heavy atom. The fourth-order valence-electron chi connectivity index (χ4n) is 2.19. The molecule has 0 unspecified atom stereocenters. The topological polar surface area (TPSA) is 60.7 Å². The zero-order chi connectivity index (χ0) is 16.8. The lowest BCUT2D eigenvalue weighted by Crippen LogP contribution is -1.96. The summed E-state index contributed by atoms with van der Waals surface area (Å²) in [6.45, 7) is 1.90. The van der Waals surface area contributed by atoms with Crippen molar-refractivity contribution in [2.45, 2.75) is 32.0 Å². The minimum Gasteiger partial charge on any atom is -0.508 e. The molecule has 0 aliphatic carbocycles. The molecule has 0 bridgehead atoms. The van der Waals surface area contributed by atoms with Crippen LogP contribution in [-0.4, -0.2) is 15.3 Å². The van der Waals surface area contributed by atoms with Gasteiger partial charge in [0.1, 0.15) is 5.75 Å². The van der Waals surface area contributed by atoms with Crippen molar-refractivity contribution in [3.05, 3.63) is 68.0 Å². The number of hydrogen-bond acceptors (Lipinski definition) is 4. The van der Waals surface area contributed by atoms with Crippen LogP contribution in [0.2, 0.25) is 0 Å². The van der Waals surface area contributed by atoms with Crippen molar-refractivity contribution < 1.29 is 15.3 Å². The van der Waals surface area contributed by atoms with Crippen LogP contribution in [0.4, 0.5) is 0 Å². The van der Waals surface area contributed by atoms with Crippen molar-refractivity contribution in [1.82, 2.24) is 0 Å². The second-order valence-electron chi connectivity index (χ2n) is 5.32. The van der Waals surface area contributed by atoms with Gasteiger partial charge in [-0.3, -0.25) is 0 Å². The van der Waals surface area contributed by atoms with Crippen molar-refractivity contribution in [3.8, 4) is 5.75 Å². The summed E-state index contributed by atoms with van der Waals surface area (Å²) in [6.07, 6.45) is 1.28. The molecule has 0 saturated carbocycles. The van der Waals surface area contributed by atoms with Crippen LogP contribution in [0.25, 0.3) is 0 Å². The number of thiophene rings is 1. The summed E-state index contributed by atoms with van der Waals surface area (Å²) in [4.78, 5) is 0.935. The zero-order valence-corrected chi connectivity index (χ0v) is 15.1. The number of aromatic hydroxyl groups is 1. The summed E-state index contributed by atoms with van der Waals surface area (Å²) in [5.74, 6) is 0.0721. The van der Waals surface area contributed by atoms with Gasteiger partial charge in [0.05, 0.1) is 12.2 Å². The lowest BCUT2D eigenvalue weighted by atomic mass is 10.0. The first-order valence-corrected chi connectivity index (χ1v) is 8.93. The van der Waals surface area contributed by atoms with Gasteiger partial charge in [-0.25, -0.2) is 0 Å². The number of phenols is 1. The molecule has 3 N–H and O–H groups in total. The van der Waals surface area contributed by atoms with Gasteiger partial charge < -0.3 is 15.3 Å². The van der Waals surface area contributed by atoms with Gasteiger partial charge in [0.15, 0.2) is 0 Å². The van der Waals surface area contributed by atoms with E-state index in [1.165, 1.54) is 11.3 Å². The molecule has 23 heavy (non-hydrogen) atoms. The number of halogens is 1. The summed E-state index contributed by atoms with van der Waals surface area (Å²) >= 11 is 4.85. The van der Waals surface area contributed by atoms with E-state index >= 15 is 0 Å². The third kappa shape index (κ3) is 5.34. The van der Waals surface area contributed by atoms with Crippen LogP contribution in [-0.2, 0) is 0 Å². The molecule has 3 nitrogen and oxygen atoms in total.